The van der Waals surface area contributed by atoms with Crippen LogP contribution in [0.2, 0.25) is 0 Å². The average Bonchev–Trinajstić information content (AvgIpc) is 2.77. The van der Waals surface area contributed by atoms with E-state index < -0.39 is 29.1 Å². The molecule has 0 aliphatic carbocycles. The highest BCUT2D eigenvalue weighted by atomic mass is 19.1. The van der Waals surface area contributed by atoms with Gasteiger partial charge in [0.2, 0.25) is 5.82 Å². The number of halogens is 3. The molecule has 0 fully saturated rings. The Balaban J connectivity index is 2.58. The molecule has 1 rings (SSSR count). The Morgan fingerprint density at radius 2 is 2.09 bits per heavy atom. The lowest BCUT2D eigenvalue weighted by atomic mass is 10.1. The molecule has 0 bridgehead atoms. The molecule has 9 heteroatoms. The molecule has 6 nitrogen and oxygen atoms in total. The Hall–Kier alpha value is -2.58. The molecule has 0 aromatic carbocycles. The number of allylic oxidation sites excluding steroid dienone is 5. The Bertz CT molecular complexity index is 712. The summed E-state index contributed by atoms with van der Waals surface area (Å²) in [6, 6.07) is 0. The number of carbonyl (C=O) groups is 1. The number of amides is 1. The number of hydrogen-bond acceptors (Lipinski definition) is 3. The average molecular weight is 330 g/mol. The smallest absolute Gasteiger partial charge is 0.343 e. The van der Waals surface area contributed by atoms with E-state index in [4.69, 9.17) is 0 Å². The van der Waals surface area contributed by atoms with Gasteiger partial charge in [0, 0.05) is 25.2 Å². The van der Waals surface area contributed by atoms with Crippen molar-refractivity contribution in [2.45, 2.75) is 19.8 Å². The highest BCUT2D eigenvalue weighted by molar-refractivity contribution is 5.90. The Kier molecular flexibility index (Phi) is 6.55. The minimum absolute atomic E-state index is 0.0794. The number of carbonyl (C=O) groups excluding carboxylic acids is 1. The van der Waals surface area contributed by atoms with Gasteiger partial charge in [-0.3, -0.25) is 9.78 Å². The van der Waals surface area contributed by atoms with Gasteiger partial charge in [0.1, 0.15) is 11.7 Å². The van der Waals surface area contributed by atoms with Crippen LogP contribution in [-0.4, -0.2) is 27.2 Å². The maximum absolute atomic E-state index is 13.6. The van der Waals surface area contributed by atoms with Crippen LogP contribution in [-0.2, 0) is 7.05 Å². The summed E-state index contributed by atoms with van der Waals surface area (Å²) in [5, 5.41) is 6.10. The van der Waals surface area contributed by atoms with Gasteiger partial charge >= 0.3 is 5.69 Å². The van der Waals surface area contributed by atoms with E-state index >= 15 is 0 Å². The molecular weight excluding hydrogens is 313 g/mol. The molecule has 0 aliphatic heterocycles. The third kappa shape index (κ3) is 5.61. The molecule has 0 aliphatic rings. The Labute approximate surface area is 130 Å². The first-order valence-electron chi connectivity index (χ1n) is 6.71. The maximum atomic E-state index is 13.6. The van der Waals surface area contributed by atoms with Crippen molar-refractivity contribution in [1.29, 1.82) is 0 Å². The third-order valence-corrected chi connectivity index (χ3v) is 2.81. The summed E-state index contributed by atoms with van der Waals surface area (Å²) in [5.41, 5.74) is -0.896. The van der Waals surface area contributed by atoms with Crippen LogP contribution in [0.3, 0.4) is 0 Å². The molecule has 0 saturated heterocycles. The number of rotatable bonds is 7. The molecule has 1 aromatic heterocycles. The lowest BCUT2D eigenvalue weighted by Crippen LogP contribution is -2.26. The van der Waals surface area contributed by atoms with Gasteiger partial charge in [0.15, 0.2) is 0 Å². The van der Waals surface area contributed by atoms with Crippen LogP contribution < -0.4 is 11.0 Å². The van der Waals surface area contributed by atoms with Crippen molar-refractivity contribution in [2.75, 3.05) is 6.54 Å². The van der Waals surface area contributed by atoms with Crippen molar-refractivity contribution >= 4 is 5.91 Å². The molecule has 1 amide bonds. The van der Waals surface area contributed by atoms with Crippen LogP contribution in [0.4, 0.5) is 13.2 Å². The normalized spacial score (nSPS) is 12.8. The summed E-state index contributed by atoms with van der Waals surface area (Å²) in [4.78, 5) is 25.0. The van der Waals surface area contributed by atoms with Gasteiger partial charge in [0.05, 0.1) is 5.83 Å². The third-order valence-electron chi connectivity index (χ3n) is 2.81. The number of aromatic nitrogens is 3. The summed E-state index contributed by atoms with van der Waals surface area (Å²) in [7, 11) is 1.38. The minimum atomic E-state index is -1.04. The van der Waals surface area contributed by atoms with Crippen LogP contribution in [0.15, 0.2) is 40.5 Å². The molecule has 126 valence electrons. The van der Waals surface area contributed by atoms with Crippen LogP contribution in [0.25, 0.3) is 0 Å². The molecular formula is C14H17F3N4O2. The van der Waals surface area contributed by atoms with Crippen molar-refractivity contribution in [1.82, 2.24) is 20.1 Å². The van der Waals surface area contributed by atoms with Crippen LogP contribution in [0.1, 0.15) is 30.4 Å². The molecule has 0 atom stereocenters. The van der Waals surface area contributed by atoms with Gasteiger partial charge in [-0.2, -0.15) is 0 Å². The van der Waals surface area contributed by atoms with Crippen molar-refractivity contribution < 1.29 is 18.0 Å². The van der Waals surface area contributed by atoms with E-state index in [1.54, 1.807) is 0 Å². The number of hydrogen-bond donors (Lipinski definition) is 2. The van der Waals surface area contributed by atoms with E-state index in [0.717, 1.165) is 11.6 Å². The van der Waals surface area contributed by atoms with Crippen molar-refractivity contribution in [2.24, 2.45) is 7.05 Å². The predicted molar refractivity (Wildman–Crippen MR) is 78.6 cm³/mol. The molecule has 2 N–H and O–H groups in total. The van der Waals surface area contributed by atoms with Crippen molar-refractivity contribution in [3.63, 3.8) is 0 Å². The largest absolute Gasteiger partial charge is 0.349 e. The summed E-state index contributed by atoms with van der Waals surface area (Å²) >= 11 is 0. The summed E-state index contributed by atoms with van der Waals surface area (Å²) in [6.07, 6.45) is 0.676. The number of H-pyrrole nitrogens is 1. The van der Waals surface area contributed by atoms with Gasteiger partial charge in [-0.1, -0.05) is 6.58 Å². The van der Waals surface area contributed by atoms with E-state index in [2.05, 4.69) is 22.0 Å². The van der Waals surface area contributed by atoms with Gasteiger partial charge in [-0.05, 0) is 19.8 Å². The van der Waals surface area contributed by atoms with Crippen LogP contribution in [0.5, 0.6) is 0 Å². The summed E-state index contributed by atoms with van der Waals surface area (Å²) in [6.45, 7) is 4.12. The summed E-state index contributed by atoms with van der Waals surface area (Å²) < 4.78 is 40.4. The highest BCUT2D eigenvalue weighted by Crippen LogP contribution is 2.23. The molecule has 0 saturated carbocycles. The van der Waals surface area contributed by atoms with Crippen molar-refractivity contribution in [3.05, 3.63) is 52.0 Å². The zero-order valence-electron chi connectivity index (χ0n) is 12.8. The Morgan fingerprint density at radius 3 is 2.57 bits per heavy atom. The second-order valence-corrected chi connectivity index (χ2v) is 4.72. The maximum Gasteiger partial charge on any atom is 0.343 e. The SMILES string of the molecule is C=C(F)/C(CCCNC(=O)c1nn(C)c(=O)[nH]1)=C(F)\C=C(/C)F. The van der Waals surface area contributed by atoms with Gasteiger partial charge in [-0.15, -0.1) is 5.10 Å². The first kappa shape index (κ1) is 18.5. The predicted octanol–water partition coefficient (Wildman–Crippen LogP) is 2.20. The van der Waals surface area contributed by atoms with E-state index in [0.29, 0.717) is 6.08 Å². The number of aromatic amines is 1. The molecule has 1 aromatic rings. The fourth-order valence-electron chi connectivity index (χ4n) is 1.70. The topological polar surface area (TPSA) is 79.8 Å². The van der Waals surface area contributed by atoms with E-state index in [1.807, 2.05) is 0 Å². The number of nitrogens with zero attached hydrogens (tertiary/aromatic N) is 2. The molecule has 0 spiro atoms. The van der Waals surface area contributed by atoms with E-state index in [9.17, 15) is 22.8 Å². The fourth-order valence-corrected chi connectivity index (χ4v) is 1.70. The molecule has 0 radical (unpaired) electrons. The van der Waals surface area contributed by atoms with E-state index in [1.165, 1.54) is 7.05 Å². The van der Waals surface area contributed by atoms with Gasteiger partial charge < -0.3 is 5.32 Å². The standard InChI is InChI=1S/C14H17F3N4O2/c1-8(15)7-11(17)10(9(2)16)5-4-6-18-13(22)12-19-14(23)21(3)20-12/h7H,2,4-6H2,1,3H3,(H,18,22)(H,19,20,23)/b8-7+,11-10+. The molecule has 1 heterocycles. The molecule has 0 unspecified atom stereocenters. The fraction of sp³-hybridized carbons (Fsp3) is 0.357. The number of nitrogens with one attached hydrogen (secondary N) is 2. The second-order valence-electron chi connectivity index (χ2n) is 4.72. The van der Waals surface area contributed by atoms with Gasteiger partial charge in [0.25, 0.3) is 5.91 Å². The highest BCUT2D eigenvalue weighted by Gasteiger charge is 2.12. The van der Waals surface area contributed by atoms with Gasteiger partial charge in [-0.25, -0.2) is 22.6 Å². The summed E-state index contributed by atoms with van der Waals surface area (Å²) in [5.74, 6) is -3.62. The van der Waals surface area contributed by atoms with E-state index in [-0.39, 0.29) is 30.8 Å². The quantitative estimate of drug-likeness (QED) is 0.594. The zero-order chi connectivity index (χ0) is 17.6. The zero-order valence-corrected chi connectivity index (χ0v) is 12.8. The van der Waals surface area contributed by atoms with Crippen LogP contribution >= 0.6 is 0 Å². The minimum Gasteiger partial charge on any atom is -0.349 e. The second kappa shape index (κ2) is 8.16. The Morgan fingerprint density at radius 1 is 1.43 bits per heavy atom. The molecule has 23 heavy (non-hydrogen) atoms. The first-order chi connectivity index (χ1) is 10.7. The van der Waals surface area contributed by atoms with Crippen molar-refractivity contribution in [3.8, 4) is 0 Å². The van der Waals surface area contributed by atoms with Crippen LogP contribution in [0, 0.1) is 0 Å². The number of aryl methyl sites for hydroxylation is 1. The first-order valence-corrected chi connectivity index (χ1v) is 6.71. The lowest BCUT2D eigenvalue weighted by molar-refractivity contribution is 0.0942. The monoisotopic (exact) mass is 330 g/mol. The lowest BCUT2D eigenvalue weighted by Gasteiger charge is -2.06.